The van der Waals surface area contributed by atoms with Crippen LogP contribution >= 0.6 is 11.6 Å². The van der Waals surface area contributed by atoms with Crippen molar-refractivity contribution < 1.29 is 19.1 Å². The number of nitrogens with zero attached hydrogens (tertiary/aromatic N) is 1. The molecule has 0 radical (unpaired) electrons. The van der Waals surface area contributed by atoms with Gasteiger partial charge in [0, 0.05) is 18.1 Å². The molecule has 8 heteroatoms. The molecule has 0 saturated carbocycles. The van der Waals surface area contributed by atoms with Crippen molar-refractivity contribution in [2.45, 2.75) is 31.7 Å². The maximum absolute atomic E-state index is 13.2. The smallest absolute Gasteiger partial charge is 0.255 e. The molecule has 198 valence electrons. The Hall–Kier alpha value is -3.84. The van der Waals surface area contributed by atoms with Crippen LogP contribution in [0.3, 0.4) is 0 Å². The standard InChI is InChI=1S/C30H32ClN3O4/c31-24-13-14-27-26(19-24)30(37)32-15-7-8-16-34(29(36)18-23-11-5-2-6-12-23)20-28(35)33-25(21-38-27)17-22-9-3-1-4-10-22/h1-6,9-14,19,25H,7-8,15-18,20-21H2,(H,32,37)(H,33,35)/t25-/m1/s1. The number of nitrogens with one attached hydrogen (secondary N) is 2. The number of benzene rings is 3. The minimum atomic E-state index is -0.382. The van der Waals surface area contributed by atoms with E-state index in [1.807, 2.05) is 60.7 Å². The lowest BCUT2D eigenvalue weighted by Gasteiger charge is -2.25. The highest BCUT2D eigenvalue weighted by atomic mass is 35.5. The average molecular weight is 534 g/mol. The molecular weight excluding hydrogens is 502 g/mol. The number of carbonyl (C=O) groups excluding carboxylic acids is 3. The molecule has 0 unspecified atom stereocenters. The molecule has 1 heterocycles. The second-order valence-corrected chi connectivity index (χ2v) is 9.78. The molecule has 2 N–H and O–H groups in total. The quantitative estimate of drug-likeness (QED) is 0.530. The first-order chi connectivity index (χ1) is 18.5. The van der Waals surface area contributed by atoms with Gasteiger partial charge in [-0.3, -0.25) is 14.4 Å². The number of carbonyl (C=O) groups is 3. The first kappa shape index (κ1) is 27.2. The third-order valence-electron chi connectivity index (χ3n) is 6.34. The zero-order valence-electron chi connectivity index (χ0n) is 21.2. The maximum Gasteiger partial charge on any atom is 0.255 e. The van der Waals surface area contributed by atoms with Crippen molar-refractivity contribution in [2.75, 3.05) is 26.2 Å². The first-order valence-corrected chi connectivity index (χ1v) is 13.2. The van der Waals surface area contributed by atoms with Gasteiger partial charge in [-0.25, -0.2) is 0 Å². The predicted molar refractivity (Wildman–Crippen MR) is 147 cm³/mol. The summed E-state index contributed by atoms with van der Waals surface area (Å²) in [5, 5.41) is 6.40. The number of fused-ring (bicyclic) bond motifs is 1. The summed E-state index contributed by atoms with van der Waals surface area (Å²) in [7, 11) is 0. The summed E-state index contributed by atoms with van der Waals surface area (Å²) >= 11 is 6.17. The molecule has 4 rings (SSSR count). The maximum atomic E-state index is 13.2. The Morgan fingerprint density at radius 2 is 1.66 bits per heavy atom. The molecule has 1 aliphatic rings. The fourth-order valence-corrected chi connectivity index (χ4v) is 4.56. The largest absolute Gasteiger partial charge is 0.491 e. The molecule has 7 nitrogen and oxygen atoms in total. The summed E-state index contributed by atoms with van der Waals surface area (Å²) in [4.78, 5) is 40.8. The molecule has 0 aromatic heterocycles. The van der Waals surface area contributed by atoms with Gasteiger partial charge in [-0.2, -0.15) is 0 Å². The van der Waals surface area contributed by atoms with E-state index in [1.54, 1.807) is 23.1 Å². The van der Waals surface area contributed by atoms with Crippen LogP contribution in [0.1, 0.15) is 34.3 Å². The fraction of sp³-hybridized carbons (Fsp3) is 0.300. The molecule has 1 atom stereocenters. The number of rotatable bonds is 4. The summed E-state index contributed by atoms with van der Waals surface area (Å²) in [6.07, 6.45) is 2.04. The summed E-state index contributed by atoms with van der Waals surface area (Å²) in [6, 6.07) is 23.8. The van der Waals surface area contributed by atoms with Gasteiger partial charge >= 0.3 is 0 Å². The van der Waals surface area contributed by atoms with E-state index in [0.717, 1.165) is 11.1 Å². The van der Waals surface area contributed by atoms with Crippen LogP contribution in [0.15, 0.2) is 78.9 Å². The summed E-state index contributed by atoms with van der Waals surface area (Å²) in [5.41, 5.74) is 2.27. The monoisotopic (exact) mass is 533 g/mol. The SMILES string of the molecule is O=C1CN(C(=O)Cc2ccccc2)CCCCNC(=O)c2cc(Cl)ccc2OC[C@@H](Cc2ccccc2)N1. The Kier molecular flexibility index (Phi) is 9.76. The molecule has 0 saturated heterocycles. The van der Waals surface area contributed by atoms with E-state index in [-0.39, 0.29) is 43.3 Å². The van der Waals surface area contributed by atoms with E-state index in [2.05, 4.69) is 10.6 Å². The number of halogens is 1. The summed E-state index contributed by atoms with van der Waals surface area (Å²) in [6.45, 7) is 0.932. The highest BCUT2D eigenvalue weighted by Crippen LogP contribution is 2.23. The van der Waals surface area contributed by atoms with Gasteiger partial charge in [-0.05, 0) is 48.6 Å². The Balaban J connectivity index is 1.54. The zero-order valence-corrected chi connectivity index (χ0v) is 22.0. The van der Waals surface area contributed by atoms with Crippen molar-refractivity contribution in [2.24, 2.45) is 0 Å². The third kappa shape index (κ3) is 8.08. The Morgan fingerprint density at radius 1 is 0.947 bits per heavy atom. The minimum Gasteiger partial charge on any atom is -0.491 e. The molecule has 0 spiro atoms. The second-order valence-electron chi connectivity index (χ2n) is 9.35. The Morgan fingerprint density at radius 3 is 2.39 bits per heavy atom. The Bertz CT molecular complexity index is 1240. The van der Waals surface area contributed by atoms with E-state index >= 15 is 0 Å². The molecule has 3 aromatic carbocycles. The van der Waals surface area contributed by atoms with Gasteiger partial charge in [0.15, 0.2) is 0 Å². The zero-order chi connectivity index (χ0) is 26.7. The van der Waals surface area contributed by atoms with Crippen molar-refractivity contribution in [3.8, 4) is 5.75 Å². The molecule has 0 bridgehead atoms. The second kappa shape index (κ2) is 13.6. The van der Waals surface area contributed by atoms with Crippen LogP contribution in [0.5, 0.6) is 5.75 Å². The van der Waals surface area contributed by atoms with Gasteiger partial charge < -0.3 is 20.3 Å². The first-order valence-electron chi connectivity index (χ1n) is 12.8. The third-order valence-corrected chi connectivity index (χ3v) is 6.58. The van der Waals surface area contributed by atoms with Crippen LogP contribution in [-0.4, -0.2) is 54.9 Å². The summed E-state index contributed by atoms with van der Waals surface area (Å²) < 4.78 is 6.06. The van der Waals surface area contributed by atoms with E-state index in [9.17, 15) is 14.4 Å². The van der Waals surface area contributed by atoms with Gasteiger partial charge in [-0.15, -0.1) is 0 Å². The van der Waals surface area contributed by atoms with Crippen molar-refractivity contribution in [3.63, 3.8) is 0 Å². The Labute approximate surface area is 228 Å². The van der Waals surface area contributed by atoms with Gasteiger partial charge in [0.1, 0.15) is 12.4 Å². The number of ether oxygens (including phenoxy) is 1. The van der Waals surface area contributed by atoms with Crippen LogP contribution in [0.2, 0.25) is 5.02 Å². The molecule has 3 aromatic rings. The number of hydrogen-bond donors (Lipinski definition) is 2. The normalized spacial score (nSPS) is 17.2. The highest BCUT2D eigenvalue weighted by Gasteiger charge is 2.22. The van der Waals surface area contributed by atoms with Crippen molar-refractivity contribution in [1.82, 2.24) is 15.5 Å². The number of amides is 3. The van der Waals surface area contributed by atoms with Crippen molar-refractivity contribution in [1.29, 1.82) is 0 Å². The number of hydrogen-bond acceptors (Lipinski definition) is 4. The minimum absolute atomic E-state index is 0.0461. The molecule has 0 aliphatic carbocycles. The van der Waals surface area contributed by atoms with Crippen LogP contribution in [0, 0.1) is 0 Å². The molecule has 3 amide bonds. The topological polar surface area (TPSA) is 87.7 Å². The predicted octanol–water partition coefficient (Wildman–Crippen LogP) is 4.04. The fourth-order valence-electron chi connectivity index (χ4n) is 4.39. The summed E-state index contributed by atoms with van der Waals surface area (Å²) in [5.74, 6) is -0.249. The van der Waals surface area contributed by atoms with E-state index in [0.29, 0.717) is 48.7 Å². The van der Waals surface area contributed by atoms with E-state index in [4.69, 9.17) is 16.3 Å². The van der Waals surface area contributed by atoms with E-state index in [1.165, 1.54) is 0 Å². The van der Waals surface area contributed by atoms with Crippen LogP contribution in [0.25, 0.3) is 0 Å². The molecule has 38 heavy (non-hydrogen) atoms. The lowest BCUT2D eigenvalue weighted by atomic mass is 10.1. The van der Waals surface area contributed by atoms with Crippen molar-refractivity contribution >= 4 is 29.3 Å². The lowest BCUT2D eigenvalue weighted by Crippen LogP contribution is -2.47. The van der Waals surface area contributed by atoms with Gasteiger partial charge in [0.25, 0.3) is 5.91 Å². The van der Waals surface area contributed by atoms with Gasteiger partial charge in [0.2, 0.25) is 11.8 Å². The highest BCUT2D eigenvalue weighted by molar-refractivity contribution is 6.31. The average Bonchev–Trinajstić information content (AvgIpc) is 2.92. The van der Waals surface area contributed by atoms with Gasteiger partial charge in [0.05, 0.1) is 24.6 Å². The molecule has 1 aliphatic heterocycles. The van der Waals surface area contributed by atoms with Gasteiger partial charge in [-0.1, -0.05) is 72.3 Å². The van der Waals surface area contributed by atoms with Crippen LogP contribution < -0.4 is 15.4 Å². The van der Waals surface area contributed by atoms with Crippen LogP contribution in [0.4, 0.5) is 0 Å². The van der Waals surface area contributed by atoms with Crippen LogP contribution in [-0.2, 0) is 22.4 Å². The molecular formula is C30H32ClN3O4. The molecule has 0 fully saturated rings. The van der Waals surface area contributed by atoms with E-state index < -0.39 is 0 Å². The van der Waals surface area contributed by atoms with Crippen molar-refractivity contribution in [3.05, 3.63) is 101 Å². The lowest BCUT2D eigenvalue weighted by molar-refractivity contribution is -0.135.